The summed E-state index contributed by atoms with van der Waals surface area (Å²) < 4.78 is 0. The van der Waals surface area contributed by atoms with E-state index in [1.54, 1.807) is 0 Å². The van der Waals surface area contributed by atoms with Gasteiger partial charge in [-0.05, 0) is 25.2 Å². The summed E-state index contributed by atoms with van der Waals surface area (Å²) in [6.07, 6.45) is 5.75. The molecule has 0 radical (unpaired) electrons. The van der Waals surface area contributed by atoms with Crippen LogP contribution in [0.2, 0.25) is 0 Å². The minimum absolute atomic E-state index is 0.249. The van der Waals surface area contributed by atoms with Crippen molar-refractivity contribution in [1.82, 2.24) is 4.90 Å². The van der Waals surface area contributed by atoms with Crippen molar-refractivity contribution in [3.8, 4) is 0 Å². The summed E-state index contributed by atoms with van der Waals surface area (Å²) >= 11 is 0. The Morgan fingerprint density at radius 1 is 1.41 bits per heavy atom. The fraction of sp³-hybridized carbons (Fsp3) is 0.846. The normalized spacial score (nSPS) is 17.5. The molecular formula is C13H23NO3. The van der Waals surface area contributed by atoms with Crippen LogP contribution in [-0.2, 0) is 9.59 Å². The second kappa shape index (κ2) is 7.30. The van der Waals surface area contributed by atoms with Gasteiger partial charge in [-0.3, -0.25) is 9.59 Å². The largest absolute Gasteiger partial charge is 0.481 e. The van der Waals surface area contributed by atoms with E-state index in [2.05, 4.69) is 6.92 Å². The zero-order chi connectivity index (χ0) is 12.7. The molecule has 1 aliphatic heterocycles. The molecule has 1 aliphatic rings. The Morgan fingerprint density at radius 3 is 2.71 bits per heavy atom. The molecule has 1 amide bonds. The van der Waals surface area contributed by atoms with Gasteiger partial charge in [-0.1, -0.05) is 19.8 Å². The number of carbonyl (C=O) groups excluding carboxylic acids is 1. The molecule has 0 aromatic carbocycles. The summed E-state index contributed by atoms with van der Waals surface area (Å²) in [6, 6.07) is 0. The molecule has 0 bridgehead atoms. The van der Waals surface area contributed by atoms with Gasteiger partial charge in [-0.25, -0.2) is 0 Å². The first-order valence-electron chi connectivity index (χ1n) is 6.63. The predicted molar refractivity (Wildman–Crippen MR) is 65.7 cm³/mol. The van der Waals surface area contributed by atoms with E-state index in [1.165, 1.54) is 0 Å². The van der Waals surface area contributed by atoms with Crippen molar-refractivity contribution in [3.05, 3.63) is 0 Å². The molecule has 1 N–H and O–H groups in total. The lowest BCUT2D eigenvalue weighted by molar-refractivity contribution is -0.137. The fourth-order valence-electron chi connectivity index (χ4n) is 2.45. The van der Waals surface area contributed by atoms with Crippen molar-refractivity contribution >= 4 is 11.9 Å². The second-order valence-corrected chi connectivity index (χ2v) is 4.86. The van der Waals surface area contributed by atoms with Gasteiger partial charge in [0.05, 0.1) is 0 Å². The highest BCUT2D eigenvalue weighted by molar-refractivity contribution is 5.78. The maximum Gasteiger partial charge on any atom is 0.303 e. The number of likely N-dealkylation sites (tertiary alicyclic amines) is 1. The van der Waals surface area contributed by atoms with E-state index in [0.717, 1.165) is 45.2 Å². The van der Waals surface area contributed by atoms with Crippen molar-refractivity contribution in [2.75, 3.05) is 13.1 Å². The Balaban J connectivity index is 2.27. The van der Waals surface area contributed by atoms with Gasteiger partial charge in [0.1, 0.15) is 0 Å². The molecule has 0 aromatic rings. The Labute approximate surface area is 103 Å². The average molecular weight is 241 g/mol. The van der Waals surface area contributed by atoms with Gasteiger partial charge in [0.15, 0.2) is 0 Å². The number of carbonyl (C=O) groups is 2. The van der Waals surface area contributed by atoms with Crippen LogP contribution in [0.3, 0.4) is 0 Å². The van der Waals surface area contributed by atoms with Gasteiger partial charge in [0, 0.05) is 25.9 Å². The lowest BCUT2D eigenvalue weighted by Gasteiger charge is -2.20. The number of rotatable bonds is 8. The van der Waals surface area contributed by atoms with E-state index in [9.17, 15) is 9.59 Å². The van der Waals surface area contributed by atoms with E-state index < -0.39 is 5.97 Å². The van der Waals surface area contributed by atoms with Crippen molar-refractivity contribution in [2.24, 2.45) is 5.92 Å². The third kappa shape index (κ3) is 5.20. The predicted octanol–water partition coefficient (Wildman–Crippen LogP) is 2.28. The zero-order valence-corrected chi connectivity index (χ0v) is 10.7. The molecule has 4 heteroatoms. The third-order valence-electron chi connectivity index (χ3n) is 3.44. The van der Waals surface area contributed by atoms with Crippen LogP contribution in [-0.4, -0.2) is 35.0 Å². The molecular weight excluding hydrogens is 218 g/mol. The summed E-state index contributed by atoms with van der Waals surface area (Å²) in [5.41, 5.74) is 0. The Bertz CT molecular complexity index is 265. The van der Waals surface area contributed by atoms with Crippen molar-refractivity contribution in [2.45, 2.75) is 51.9 Å². The number of hydrogen-bond acceptors (Lipinski definition) is 2. The molecule has 1 heterocycles. The molecule has 1 rings (SSSR count). The fourth-order valence-corrected chi connectivity index (χ4v) is 2.45. The Hall–Kier alpha value is -1.06. The summed E-state index contributed by atoms with van der Waals surface area (Å²) in [6.45, 7) is 3.81. The summed E-state index contributed by atoms with van der Waals surface area (Å²) in [5.74, 6) is -0.00802. The molecule has 1 fully saturated rings. The van der Waals surface area contributed by atoms with Crippen molar-refractivity contribution in [1.29, 1.82) is 0 Å². The lowest BCUT2D eigenvalue weighted by atomic mass is 9.94. The summed E-state index contributed by atoms with van der Waals surface area (Å²) in [5, 5.41) is 8.69. The van der Waals surface area contributed by atoms with Gasteiger partial charge >= 0.3 is 5.97 Å². The molecule has 0 aromatic heterocycles. The third-order valence-corrected chi connectivity index (χ3v) is 3.44. The first kappa shape index (κ1) is 14.0. The van der Waals surface area contributed by atoms with E-state index in [4.69, 9.17) is 5.11 Å². The van der Waals surface area contributed by atoms with Gasteiger partial charge < -0.3 is 10.0 Å². The summed E-state index contributed by atoms with van der Waals surface area (Å²) in [7, 11) is 0. The molecule has 17 heavy (non-hydrogen) atoms. The highest BCUT2D eigenvalue weighted by atomic mass is 16.4. The highest BCUT2D eigenvalue weighted by Gasteiger charge is 2.21. The number of hydrogen-bond donors (Lipinski definition) is 1. The average Bonchev–Trinajstić information content (AvgIpc) is 2.68. The van der Waals surface area contributed by atoms with Crippen LogP contribution >= 0.6 is 0 Å². The lowest BCUT2D eigenvalue weighted by Crippen LogP contribution is -2.27. The monoisotopic (exact) mass is 241 g/mol. The molecule has 0 aliphatic carbocycles. The van der Waals surface area contributed by atoms with Gasteiger partial charge in [0.2, 0.25) is 5.91 Å². The summed E-state index contributed by atoms with van der Waals surface area (Å²) in [4.78, 5) is 23.9. The first-order valence-corrected chi connectivity index (χ1v) is 6.63. The Morgan fingerprint density at radius 2 is 2.18 bits per heavy atom. The maximum atomic E-state index is 11.4. The van der Waals surface area contributed by atoms with Crippen LogP contribution in [0, 0.1) is 5.92 Å². The van der Waals surface area contributed by atoms with Crippen LogP contribution in [0.4, 0.5) is 0 Å². The van der Waals surface area contributed by atoms with Gasteiger partial charge in [0.25, 0.3) is 0 Å². The van der Waals surface area contributed by atoms with Crippen molar-refractivity contribution in [3.63, 3.8) is 0 Å². The van der Waals surface area contributed by atoms with Crippen LogP contribution in [0.15, 0.2) is 0 Å². The zero-order valence-electron chi connectivity index (χ0n) is 10.7. The molecule has 1 saturated heterocycles. The van der Waals surface area contributed by atoms with E-state index in [1.807, 2.05) is 4.90 Å². The number of aliphatic carboxylic acids is 1. The van der Waals surface area contributed by atoms with Gasteiger partial charge in [-0.15, -0.1) is 0 Å². The highest BCUT2D eigenvalue weighted by Crippen LogP contribution is 2.20. The maximum absolute atomic E-state index is 11.4. The number of carboxylic acids is 1. The SMILES string of the molecule is CCCC(CCC(=O)O)CCN1CCCC1=O. The smallest absolute Gasteiger partial charge is 0.303 e. The van der Waals surface area contributed by atoms with Crippen LogP contribution in [0.25, 0.3) is 0 Å². The van der Waals surface area contributed by atoms with Crippen LogP contribution in [0.1, 0.15) is 51.9 Å². The quantitative estimate of drug-likeness (QED) is 0.709. The molecule has 1 atom stereocenters. The van der Waals surface area contributed by atoms with Crippen LogP contribution in [0.5, 0.6) is 0 Å². The number of carboxylic acid groups (broad SMARTS) is 1. The van der Waals surface area contributed by atoms with Gasteiger partial charge in [-0.2, -0.15) is 0 Å². The molecule has 0 saturated carbocycles. The minimum Gasteiger partial charge on any atom is -0.481 e. The standard InChI is InChI=1S/C13H23NO3/c1-2-4-11(6-7-13(16)17)8-10-14-9-3-5-12(14)15/h11H,2-10H2,1H3,(H,16,17). The minimum atomic E-state index is -0.719. The molecule has 0 spiro atoms. The Kier molecular flexibility index (Phi) is 6.01. The molecule has 98 valence electrons. The topological polar surface area (TPSA) is 57.6 Å². The van der Waals surface area contributed by atoms with E-state index in [0.29, 0.717) is 12.3 Å². The number of nitrogens with zero attached hydrogens (tertiary/aromatic N) is 1. The van der Waals surface area contributed by atoms with E-state index in [-0.39, 0.29) is 12.3 Å². The van der Waals surface area contributed by atoms with Crippen molar-refractivity contribution < 1.29 is 14.7 Å². The number of amides is 1. The van der Waals surface area contributed by atoms with Crippen LogP contribution < -0.4 is 0 Å². The first-order chi connectivity index (χ1) is 8.13. The molecule has 1 unspecified atom stereocenters. The van der Waals surface area contributed by atoms with E-state index >= 15 is 0 Å². The second-order valence-electron chi connectivity index (χ2n) is 4.86. The molecule has 4 nitrogen and oxygen atoms in total.